The molecule has 0 aromatic rings. The van der Waals surface area contributed by atoms with Gasteiger partial charge in [-0.2, -0.15) is 0 Å². The molecule has 2 rings (SSSR count). The monoisotopic (exact) mass is 210 g/mol. The Kier molecular flexibility index (Phi) is 3.79. The van der Waals surface area contributed by atoms with Gasteiger partial charge in [0.15, 0.2) is 5.78 Å². The molecule has 2 aliphatic rings. The molecule has 2 aliphatic carbocycles. The van der Waals surface area contributed by atoms with Crippen LogP contribution in [0, 0.1) is 11.8 Å². The normalized spacial score (nSPS) is 35.9. The second kappa shape index (κ2) is 5.11. The number of carbonyl (C=O) groups is 1. The Balaban J connectivity index is 1.78. The van der Waals surface area contributed by atoms with Crippen molar-refractivity contribution in [2.24, 2.45) is 11.8 Å². The van der Waals surface area contributed by atoms with Gasteiger partial charge in [-0.3, -0.25) is 4.79 Å². The quantitative estimate of drug-likeness (QED) is 0.716. The summed E-state index contributed by atoms with van der Waals surface area (Å²) < 4.78 is 5.64. The van der Waals surface area contributed by atoms with Gasteiger partial charge in [0.1, 0.15) is 6.61 Å². The zero-order valence-electron chi connectivity index (χ0n) is 9.71. The van der Waals surface area contributed by atoms with Crippen LogP contribution in [0.1, 0.15) is 51.9 Å². The largest absolute Gasteiger partial charge is 0.370 e. The Morgan fingerprint density at radius 2 is 1.87 bits per heavy atom. The van der Waals surface area contributed by atoms with Crippen molar-refractivity contribution in [3.8, 4) is 0 Å². The highest BCUT2D eigenvalue weighted by molar-refractivity contribution is 5.76. The summed E-state index contributed by atoms with van der Waals surface area (Å²) in [7, 11) is 0. The maximum atomic E-state index is 10.8. The molecule has 3 unspecified atom stereocenters. The van der Waals surface area contributed by atoms with Crippen LogP contribution in [-0.4, -0.2) is 18.5 Å². The average Bonchev–Trinajstić information content (AvgIpc) is 2.26. The number of Topliss-reactive ketones (excluding diaryl/α,β-unsaturated/α-hetero) is 1. The van der Waals surface area contributed by atoms with Gasteiger partial charge in [-0.05, 0) is 38.0 Å². The van der Waals surface area contributed by atoms with E-state index in [0.717, 1.165) is 11.8 Å². The van der Waals surface area contributed by atoms with Crippen molar-refractivity contribution in [2.75, 3.05) is 6.61 Å². The van der Waals surface area contributed by atoms with Crippen LogP contribution in [-0.2, 0) is 9.53 Å². The molecule has 15 heavy (non-hydrogen) atoms. The summed E-state index contributed by atoms with van der Waals surface area (Å²) in [6, 6.07) is 0. The molecule has 2 saturated carbocycles. The molecule has 86 valence electrons. The van der Waals surface area contributed by atoms with Crippen LogP contribution in [0.4, 0.5) is 0 Å². The molecule has 0 saturated heterocycles. The third-order valence-corrected chi connectivity index (χ3v) is 4.01. The lowest BCUT2D eigenvalue weighted by atomic mass is 9.70. The number of hydrogen-bond acceptors (Lipinski definition) is 2. The predicted octanol–water partition coefficient (Wildman–Crippen LogP) is 2.95. The zero-order valence-corrected chi connectivity index (χ0v) is 9.71. The zero-order chi connectivity index (χ0) is 10.7. The van der Waals surface area contributed by atoms with Crippen LogP contribution >= 0.6 is 0 Å². The van der Waals surface area contributed by atoms with Gasteiger partial charge in [0.05, 0.1) is 6.10 Å². The topological polar surface area (TPSA) is 26.3 Å². The van der Waals surface area contributed by atoms with Gasteiger partial charge in [0.25, 0.3) is 0 Å². The van der Waals surface area contributed by atoms with E-state index in [0.29, 0.717) is 12.7 Å². The molecule has 2 nitrogen and oxygen atoms in total. The molecule has 0 heterocycles. The Bertz CT molecular complexity index is 225. The fraction of sp³-hybridized carbons (Fsp3) is 0.923. The SMILES string of the molecule is CC(=O)COC1CCC2CCCCC2C1. The summed E-state index contributed by atoms with van der Waals surface area (Å²) >= 11 is 0. The molecule has 0 radical (unpaired) electrons. The van der Waals surface area contributed by atoms with Crippen LogP contribution in [0.3, 0.4) is 0 Å². The standard InChI is InChI=1S/C13H22O2/c1-10(14)9-15-13-7-6-11-4-2-3-5-12(11)8-13/h11-13H,2-9H2,1H3. The molecule has 0 aliphatic heterocycles. The number of carbonyl (C=O) groups excluding carboxylic acids is 1. The summed E-state index contributed by atoms with van der Waals surface area (Å²) in [5, 5.41) is 0. The average molecular weight is 210 g/mol. The van der Waals surface area contributed by atoms with Gasteiger partial charge in [0, 0.05) is 0 Å². The smallest absolute Gasteiger partial charge is 0.155 e. The first kappa shape index (κ1) is 11.1. The van der Waals surface area contributed by atoms with Crippen LogP contribution in [0.5, 0.6) is 0 Å². The third kappa shape index (κ3) is 3.04. The summed E-state index contributed by atoms with van der Waals surface area (Å²) in [6.07, 6.45) is 9.74. The lowest BCUT2D eigenvalue weighted by Crippen LogP contribution is -2.32. The van der Waals surface area contributed by atoms with E-state index < -0.39 is 0 Å². The van der Waals surface area contributed by atoms with Crippen LogP contribution in [0.25, 0.3) is 0 Å². The molecule has 0 aromatic heterocycles. The highest BCUT2D eigenvalue weighted by atomic mass is 16.5. The van der Waals surface area contributed by atoms with E-state index in [1.54, 1.807) is 6.92 Å². The van der Waals surface area contributed by atoms with Gasteiger partial charge in [-0.15, -0.1) is 0 Å². The first-order valence-electron chi connectivity index (χ1n) is 6.36. The molecule has 0 amide bonds. The van der Waals surface area contributed by atoms with Crippen LogP contribution in [0.2, 0.25) is 0 Å². The van der Waals surface area contributed by atoms with E-state index in [2.05, 4.69) is 0 Å². The molecule has 0 bridgehead atoms. The van der Waals surface area contributed by atoms with Gasteiger partial charge >= 0.3 is 0 Å². The molecule has 0 spiro atoms. The van der Waals surface area contributed by atoms with E-state index in [-0.39, 0.29) is 5.78 Å². The lowest BCUT2D eigenvalue weighted by molar-refractivity contribution is -0.125. The van der Waals surface area contributed by atoms with Crippen molar-refractivity contribution in [3.05, 3.63) is 0 Å². The second-order valence-electron chi connectivity index (χ2n) is 5.25. The molecule has 3 atom stereocenters. The molecular formula is C13H22O2. The molecule has 2 fully saturated rings. The Hall–Kier alpha value is -0.370. The summed E-state index contributed by atoms with van der Waals surface area (Å²) in [5.41, 5.74) is 0. The van der Waals surface area contributed by atoms with Crippen LogP contribution in [0.15, 0.2) is 0 Å². The fourth-order valence-corrected chi connectivity index (χ4v) is 3.22. The highest BCUT2D eigenvalue weighted by Gasteiger charge is 2.32. The highest BCUT2D eigenvalue weighted by Crippen LogP contribution is 2.41. The minimum atomic E-state index is 0.153. The Labute approximate surface area is 92.4 Å². The Morgan fingerprint density at radius 1 is 1.13 bits per heavy atom. The minimum absolute atomic E-state index is 0.153. The van der Waals surface area contributed by atoms with E-state index >= 15 is 0 Å². The van der Waals surface area contributed by atoms with Crippen molar-refractivity contribution in [1.82, 2.24) is 0 Å². The number of rotatable bonds is 3. The van der Waals surface area contributed by atoms with E-state index in [4.69, 9.17) is 4.74 Å². The van der Waals surface area contributed by atoms with Gasteiger partial charge in [0.2, 0.25) is 0 Å². The lowest BCUT2D eigenvalue weighted by Gasteiger charge is -2.39. The van der Waals surface area contributed by atoms with Crippen molar-refractivity contribution >= 4 is 5.78 Å². The third-order valence-electron chi connectivity index (χ3n) is 4.01. The van der Waals surface area contributed by atoms with Gasteiger partial charge in [-0.25, -0.2) is 0 Å². The summed E-state index contributed by atoms with van der Waals surface area (Å²) in [4.78, 5) is 10.8. The fourth-order valence-electron chi connectivity index (χ4n) is 3.22. The van der Waals surface area contributed by atoms with Crippen molar-refractivity contribution < 1.29 is 9.53 Å². The maximum Gasteiger partial charge on any atom is 0.155 e. The first-order chi connectivity index (χ1) is 7.25. The number of ether oxygens (including phenoxy) is 1. The predicted molar refractivity (Wildman–Crippen MR) is 59.7 cm³/mol. The van der Waals surface area contributed by atoms with Gasteiger partial charge in [-0.1, -0.05) is 25.7 Å². The van der Waals surface area contributed by atoms with Crippen LogP contribution < -0.4 is 0 Å². The molecular weight excluding hydrogens is 188 g/mol. The van der Waals surface area contributed by atoms with Crippen molar-refractivity contribution in [2.45, 2.75) is 58.0 Å². The second-order valence-corrected chi connectivity index (χ2v) is 5.25. The van der Waals surface area contributed by atoms with E-state index in [1.807, 2.05) is 0 Å². The molecule has 0 N–H and O–H groups in total. The maximum absolute atomic E-state index is 10.8. The minimum Gasteiger partial charge on any atom is -0.370 e. The first-order valence-corrected chi connectivity index (χ1v) is 6.36. The number of fused-ring (bicyclic) bond motifs is 1. The van der Waals surface area contributed by atoms with Crippen molar-refractivity contribution in [3.63, 3.8) is 0 Å². The number of hydrogen-bond donors (Lipinski definition) is 0. The summed E-state index contributed by atoms with van der Waals surface area (Å²) in [5.74, 6) is 2.01. The number of ketones is 1. The molecule has 0 aromatic carbocycles. The Morgan fingerprint density at radius 3 is 2.60 bits per heavy atom. The van der Waals surface area contributed by atoms with E-state index in [9.17, 15) is 4.79 Å². The van der Waals surface area contributed by atoms with Crippen molar-refractivity contribution in [1.29, 1.82) is 0 Å². The summed E-state index contributed by atoms with van der Waals surface area (Å²) in [6.45, 7) is 1.92. The van der Waals surface area contributed by atoms with Gasteiger partial charge < -0.3 is 4.74 Å². The van der Waals surface area contributed by atoms with E-state index in [1.165, 1.54) is 44.9 Å². The molecule has 2 heteroatoms.